The first-order valence-corrected chi connectivity index (χ1v) is 7.18. The highest BCUT2D eigenvalue weighted by atomic mass is 16.5. The molecule has 0 aromatic heterocycles. The zero-order valence-corrected chi connectivity index (χ0v) is 12.6. The van der Waals surface area contributed by atoms with E-state index in [0.717, 1.165) is 18.7 Å². The molecule has 0 aliphatic heterocycles. The van der Waals surface area contributed by atoms with Crippen LogP contribution in [0.4, 0.5) is 0 Å². The van der Waals surface area contributed by atoms with E-state index >= 15 is 0 Å². The fourth-order valence-electron chi connectivity index (χ4n) is 2.28. The van der Waals surface area contributed by atoms with Gasteiger partial charge >= 0.3 is 0 Å². The van der Waals surface area contributed by atoms with Crippen molar-refractivity contribution in [2.45, 2.75) is 33.4 Å². The number of nitrogens with one attached hydrogen (secondary N) is 1. The van der Waals surface area contributed by atoms with Crippen LogP contribution in [0.5, 0.6) is 5.75 Å². The van der Waals surface area contributed by atoms with Crippen LogP contribution >= 0.6 is 0 Å². The molecule has 0 fully saturated rings. The van der Waals surface area contributed by atoms with Crippen LogP contribution in [0.3, 0.4) is 0 Å². The van der Waals surface area contributed by atoms with Gasteiger partial charge in [0, 0.05) is 12.1 Å². The van der Waals surface area contributed by atoms with Crippen LogP contribution in [0.1, 0.15) is 29.2 Å². The monoisotopic (exact) mass is 269 g/mol. The van der Waals surface area contributed by atoms with Gasteiger partial charge in [-0.3, -0.25) is 0 Å². The predicted octanol–water partition coefficient (Wildman–Crippen LogP) is 3.86. The summed E-state index contributed by atoms with van der Waals surface area (Å²) in [4.78, 5) is 0. The molecule has 0 saturated carbocycles. The molecule has 2 aromatic carbocycles. The molecule has 0 atom stereocenters. The Morgan fingerprint density at radius 1 is 1.00 bits per heavy atom. The first-order valence-electron chi connectivity index (χ1n) is 7.18. The maximum atomic E-state index is 6.04. The van der Waals surface area contributed by atoms with Crippen LogP contribution < -0.4 is 10.1 Å². The average molecular weight is 269 g/mol. The maximum absolute atomic E-state index is 6.04. The smallest absolute Gasteiger partial charge is 0.127 e. The van der Waals surface area contributed by atoms with Crippen molar-refractivity contribution in [1.29, 1.82) is 0 Å². The Labute approximate surface area is 121 Å². The molecule has 0 unspecified atom stereocenters. The van der Waals surface area contributed by atoms with Crippen LogP contribution in [-0.2, 0) is 19.6 Å². The van der Waals surface area contributed by atoms with Gasteiger partial charge in [0.05, 0.1) is 0 Å². The summed E-state index contributed by atoms with van der Waals surface area (Å²) in [6.45, 7) is 5.70. The van der Waals surface area contributed by atoms with Gasteiger partial charge in [0.15, 0.2) is 0 Å². The molecule has 2 rings (SSSR count). The van der Waals surface area contributed by atoms with E-state index in [2.05, 4.69) is 61.6 Å². The number of aryl methyl sites for hydroxylation is 2. The molecular weight excluding hydrogens is 246 g/mol. The third-order valence-corrected chi connectivity index (χ3v) is 3.48. The van der Waals surface area contributed by atoms with Crippen molar-refractivity contribution >= 4 is 0 Å². The van der Waals surface area contributed by atoms with Gasteiger partial charge in [-0.05, 0) is 37.1 Å². The first-order chi connectivity index (χ1) is 9.74. The molecule has 20 heavy (non-hydrogen) atoms. The first kappa shape index (κ1) is 14.6. The van der Waals surface area contributed by atoms with Gasteiger partial charge in [-0.2, -0.15) is 0 Å². The SMILES string of the molecule is CCc1ccc(COc2c(C)cccc2CNC)cc1. The Balaban J connectivity index is 2.09. The summed E-state index contributed by atoms with van der Waals surface area (Å²) in [7, 11) is 1.95. The third-order valence-electron chi connectivity index (χ3n) is 3.48. The van der Waals surface area contributed by atoms with Gasteiger partial charge < -0.3 is 10.1 Å². The molecule has 0 bridgehead atoms. The lowest BCUT2D eigenvalue weighted by molar-refractivity contribution is 0.300. The van der Waals surface area contributed by atoms with Crippen LogP contribution in [0.2, 0.25) is 0 Å². The van der Waals surface area contributed by atoms with E-state index < -0.39 is 0 Å². The highest BCUT2D eigenvalue weighted by molar-refractivity contribution is 5.41. The van der Waals surface area contributed by atoms with Gasteiger partial charge in [-0.25, -0.2) is 0 Å². The van der Waals surface area contributed by atoms with Crippen molar-refractivity contribution in [3.63, 3.8) is 0 Å². The van der Waals surface area contributed by atoms with Crippen molar-refractivity contribution in [1.82, 2.24) is 5.32 Å². The number of hydrogen-bond acceptors (Lipinski definition) is 2. The number of para-hydroxylation sites is 1. The molecule has 106 valence electrons. The van der Waals surface area contributed by atoms with E-state index in [1.54, 1.807) is 0 Å². The summed E-state index contributed by atoms with van der Waals surface area (Å²) >= 11 is 0. The second-order valence-corrected chi connectivity index (χ2v) is 5.05. The quantitative estimate of drug-likeness (QED) is 0.860. The maximum Gasteiger partial charge on any atom is 0.127 e. The lowest BCUT2D eigenvalue weighted by Gasteiger charge is -2.14. The summed E-state index contributed by atoms with van der Waals surface area (Å²) in [5.74, 6) is 1.00. The zero-order valence-electron chi connectivity index (χ0n) is 12.6. The number of rotatable bonds is 6. The summed E-state index contributed by atoms with van der Waals surface area (Å²) in [5, 5.41) is 3.18. The van der Waals surface area contributed by atoms with Crippen LogP contribution in [0.25, 0.3) is 0 Å². The molecule has 0 amide bonds. The molecule has 2 heteroatoms. The van der Waals surface area contributed by atoms with Gasteiger partial charge in [0.1, 0.15) is 12.4 Å². The summed E-state index contributed by atoms with van der Waals surface area (Å²) in [6.07, 6.45) is 1.07. The van der Waals surface area contributed by atoms with Crippen molar-refractivity contribution in [3.05, 3.63) is 64.7 Å². The second-order valence-electron chi connectivity index (χ2n) is 5.05. The van der Waals surface area contributed by atoms with E-state index in [9.17, 15) is 0 Å². The van der Waals surface area contributed by atoms with E-state index in [1.165, 1.54) is 22.3 Å². The summed E-state index contributed by atoms with van der Waals surface area (Å²) in [5.41, 5.74) is 4.96. The molecule has 2 aromatic rings. The average Bonchev–Trinajstić information content (AvgIpc) is 2.47. The van der Waals surface area contributed by atoms with Crippen LogP contribution in [-0.4, -0.2) is 7.05 Å². The van der Waals surface area contributed by atoms with Crippen LogP contribution in [0.15, 0.2) is 42.5 Å². The third kappa shape index (κ3) is 3.61. The van der Waals surface area contributed by atoms with Crippen molar-refractivity contribution in [2.75, 3.05) is 7.05 Å². The fourth-order valence-corrected chi connectivity index (χ4v) is 2.28. The predicted molar refractivity (Wildman–Crippen MR) is 84.1 cm³/mol. The highest BCUT2D eigenvalue weighted by Crippen LogP contribution is 2.24. The summed E-state index contributed by atoms with van der Waals surface area (Å²) in [6, 6.07) is 14.9. The van der Waals surface area contributed by atoms with Crippen molar-refractivity contribution < 1.29 is 4.74 Å². The number of benzene rings is 2. The minimum absolute atomic E-state index is 0.617. The molecule has 2 nitrogen and oxygen atoms in total. The Hall–Kier alpha value is -1.80. The second kappa shape index (κ2) is 7.11. The van der Waals surface area contributed by atoms with Crippen molar-refractivity contribution in [2.24, 2.45) is 0 Å². The fraction of sp³-hybridized carbons (Fsp3) is 0.333. The number of hydrogen-bond donors (Lipinski definition) is 1. The van der Waals surface area contributed by atoms with E-state index in [-0.39, 0.29) is 0 Å². The highest BCUT2D eigenvalue weighted by Gasteiger charge is 2.06. The van der Waals surface area contributed by atoms with Gasteiger partial charge in [0.2, 0.25) is 0 Å². The molecular formula is C18H23NO. The number of ether oxygens (including phenoxy) is 1. The topological polar surface area (TPSA) is 21.3 Å². The molecule has 0 saturated heterocycles. The Bertz CT molecular complexity index is 546. The molecule has 0 aliphatic carbocycles. The van der Waals surface area contributed by atoms with Crippen LogP contribution in [0, 0.1) is 6.92 Å². The largest absolute Gasteiger partial charge is 0.488 e. The Morgan fingerprint density at radius 2 is 1.70 bits per heavy atom. The van der Waals surface area contributed by atoms with E-state index in [1.807, 2.05) is 7.05 Å². The van der Waals surface area contributed by atoms with Gasteiger partial charge in [-0.1, -0.05) is 49.4 Å². The normalized spacial score (nSPS) is 10.6. The molecule has 0 heterocycles. The lowest BCUT2D eigenvalue weighted by atomic mass is 10.1. The van der Waals surface area contributed by atoms with Crippen molar-refractivity contribution in [3.8, 4) is 5.75 Å². The molecule has 0 radical (unpaired) electrons. The van der Waals surface area contributed by atoms with Gasteiger partial charge in [0.25, 0.3) is 0 Å². The van der Waals surface area contributed by atoms with Gasteiger partial charge in [-0.15, -0.1) is 0 Å². The standard InChI is InChI=1S/C18H23NO/c1-4-15-8-10-16(11-9-15)13-20-18-14(2)6-5-7-17(18)12-19-3/h5-11,19H,4,12-13H2,1-3H3. The van der Waals surface area contributed by atoms with E-state index in [0.29, 0.717) is 6.61 Å². The Kier molecular flexibility index (Phi) is 5.19. The molecule has 0 spiro atoms. The minimum atomic E-state index is 0.617. The minimum Gasteiger partial charge on any atom is -0.488 e. The van der Waals surface area contributed by atoms with E-state index in [4.69, 9.17) is 4.74 Å². The molecule has 0 aliphatic rings. The molecule has 1 N–H and O–H groups in total. The zero-order chi connectivity index (χ0) is 14.4. The summed E-state index contributed by atoms with van der Waals surface area (Å²) < 4.78 is 6.04. The lowest BCUT2D eigenvalue weighted by Crippen LogP contribution is -2.08. The Morgan fingerprint density at radius 3 is 2.35 bits per heavy atom.